The topological polar surface area (TPSA) is 143 Å². The SMILES string of the molecule is COc1cc(N2CCC(N3CCN(C)CC3)CC2)ccc1C1(N)N=C(Nc2ccccc2NS(C)(=O)=O)c2[nH]ccc2N1. The maximum absolute atomic E-state index is 12.0. The van der Waals surface area contributed by atoms with Crippen molar-refractivity contribution in [3.63, 3.8) is 0 Å². The highest BCUT2D eigenvalue weighted by molar-refractivity contribution is 7.92. The number of piperazine rings is 1. The molecule has 0 bridgehead atoms. The summed E-state index contributed by atoms with van der Waals surface area (Å²) in [5.74, 6) is -0.259. The number of benzene rings is 2. The molecule has 12 nitrogen and oxygen atoms in total. The van der Waals surface area contributed by atoms with Gasteiger partial charge in [-0.05, 0) is 50.2 Å². The number of para-hydroxylation sites is 2. The van der Waals surface area contributed by atoms with Gasteiger partial charge in [0.25, 0.3) is 0 Å². The zero-order valence-electron chi connectivity index (χ0n) is 24.9. The molecule has 3 aliphatic heterocycles. The number of ether oxygens (including phenoxy) is 1. The minimum absolute atomic E-state index is 0.403. The van der Waals surface area contributed by atoms with Crippen LogP contribution in [0.25, 0.3) is 0 Å². The fraction of sp³-hybridized carbons (Fsp3) is 0.433. The number of piperidine rings is 1. The van der Waals surface area contributed by atoms with Gasteiger partial charge in [-0.2, -0.15) is 0 Å². The van der Waals surface area contributed by atoms with Crippen LogP contribution in [0.15, 0.2) is 59.7 Å². The highest BCUT2D eigenvalue weighted by Crippen LogP contribution is 2.38. The number of aromatic nitrogens is 1. The summed E-state index contributed by atoms with van der Waals surface area (Å²) in [5.41, 5.74) is 11.2. The van der Waals surface area contributed by atoms with Crippen molar-refractivity contribution < 1.29 is 13.2 Å². The normalized spacial score (nSPS) is 22.0. The zero-order valence-corrected chi connectivity index (χ0v) is 25.7. The van der Waals surface area contributed by atoms with E-state index in [1.165, 1.54) is 0 Å². The molecule has 0 amide bonds. The van der Waals surface area contributed by atoms with Crippen molar-refractivity contribution in [2.24, 2.45) is 10.7 Å². The third kappa shape index (κ3) is 6.30. The molecule has 3 aliphatic rings. The molecule has 13 heteroatoms. The van der Waals surface area contributed by atoms with Gasteiger partial charge < -0.3 is 30.2 Å². The lowest BCUT2D eigenvalue weighted by Gasteiger charge is -2.42. The number of likely N-dealkylation sites (N-methyl/N-ethyl adjacent to an activating group) is 1. The molecule has 2 aromatic carbocycles. The molecule has 3 aromatic rings. The molecule has 0 saturated carbocycles. The number of aliphatic imine (C=N–C) groups is 1. The van der Waals surface area contributed by atoms with Crippen molar-refractivity contribution in [1.82, 2.24) is 14.8 Å². The van der Waals surface area contributed by atoms with Crippen LogP contribution < -0.4 is 30.7 Å². The lowest BCUT2D eigenvalue weighted by molar-refractivity contribution is 0.0982. The van der Waals surface area contributed by atoms with Gasteiger partial charge in [-0.25, -0.2) is 13.4 Å². The second kappa shape index (κ2) is 11.7. The number of anilines is 4. The molecule has 1 atom stereocenters. The molecule has 230 valence electrons. The molecular formula is C30H41N9O3S. The van der Waals surface area contributed by atoms with E-state index in [1.807, 2.05) is 24.3 Å². The van der Waals surface area contributed by atoms with Gasteiger partial charge in [0.15, 0.2) is 5.84 Å². The van der Waals surface area contributed by atoms with E-state index in [0.717, 1.165) is 69.7 Å². The zero-order chi connectivity index (χ0) is 30.2. The highest BCUT2D eigenvalue weighted by Gasteiger charge is 2.37. The Kier molecular flexibility index (Phi) is 7.98. The van der Waals surface area contributed by atoms with Gasteiger partial charge in [0.2, 0.25) is 15.8 Å². The first-order valence-corrected chi connectivity index (χ1v) is 16.6. The van der Waals surface area contributed by atoms with Crippen molar-refractivity contribution in [2.75, 3.05) is 79.9 Å². The minimum Gasteiger partial charge on any atom is -0.496 e. The molecular weight excluding hydrogens is 566 g/mol. The lowest BCUT2D eigenvalue weighted by atomic mass is 10.00. The summed E-state index contributed by atoms with van der Waals surface area (Å²) >= 11 is 0. The number of methoxy groups -OCH3 is 1. The molecule has 4 heterocycles. The number of hydrogen-bond donors (Lipinski definition) is 5. The van der Waals surface area contributed by atoms with E-state index in [-0.39, 0.29) is 0 Å². The fourth-order valence-corrected chi connectivity index (χ4v) is 6.81. The minimum atomic E-state index is -3.49. The van der Waals surface area contributed by atoms with Gasteiger partial charge in [-0.1, -0.05) is 12.1 Å². The Morgan fingerprint density at radius 1 is 1.02 bits per heavy atom. The quantitative estimate of drug-likeness (QED) is 0.274. The van der Waals surface area contributed by atoms with Crippen LogP contribution in [0.3, 0.4) is 0 Å². The summed E-state index contributed by atoms with van der Waals surface area (Å²) in [6.07, 6.45) is 5.20. The van der Waals surface area contributed by atoms with Gasteiger partial charge in [0.1, 0.15) is 11.4 Å². The maximum atomic E-state index is 12.0. The van der Waals surface area contributed by atoms with Crippen molar-refractivity contribution in [3.05, 3.63) is 66.0 Å². The monoisotopic (exact) mass is 607 g/mol. The number of sulfonamides is 1. The molecule has 43 heavy (non-hydrogen) atoms. The van der Waals surface area contributed by atoms with Crippen molar-refractivity contribution in [1.29, 1.82) is 0 Å². The Bertz CT molecular complexity index is 1590. The lowest BCUT2D eigenvalue weighted by Crippen LogP contribution is -2.52. The second-order valence-corrected chi connectivity index (χ2v) is 13.4. The van der Waals surface area contributed by atoms with Gasteiger partial charge in [0.05, 0.1) is 36.0 Å². The third-order valence-corrected chi connectivity index (χ3v) is 9.14. The molecule has 2 fully saturated rings. The van der Waals surface area contributed by atoms with Crippen molar-refractivity contribution >= 4 is 38.6 Å². The number of rotatable bonds is 7. The predicted octanol–water partition coefficient (Wildman–Crippen LogP) is 2.66. The average molecular weight is 608 g/mol. The first kappa shape index (κ1) is 29.3. The van der Waals surface area contributed by atoms with Crippen LogP contribution in [0.4, 0.5) is 22.7 Å². The summed E-state index contributed by atoms with van der Waals surface area (Å²) in [5, 5.41) is 6.65. The number of nitrogens with one attached hydrogen (secondary N) is 4. The largest absolute Gasteiger partial charge is 0.496 e. The van der Waals surface area contributed by atoms with Gasteiger partial charge >= 0.3 is 0 Å². The van der Waals surface area contributed by atoms with E-state index < -0.39 is 15.8 Å². The van der Waals surface area contributed by atoms with Crippen LogP contribution in [0.1, 0.15) is 24.1 Å². The number of H-pyrrole nitrogens is 1. The average Bonchev–Trinajstić information content (AvgIpc) is 3.46. The van der Waals surface area contributed by atoms with E-state index in [1.54, 1.807) is 31.5 Å². The predicted molar refractivity (Wildman–Crippen MR) is 173 cm³/mol. The van der Waals surface area contributed by atoms with Crippen LogP contribution in [0, 0.1) is 0 Å². The molecule has 1 unspecified atom stereocenters. The molecule has 0 spiro atoms. The van der Waals surface area contributed by atoms with Crippen molar-refractivity contribution in [3.8, 4) is 5.75 Å². The molecule has 1 aromatic heterocycles. The number of nitrogens with zero attached hydrogens (tertiary/aromatic N) is 4. The van der Waals surface area contributed by atoms with E-state index in [0.29, 0.717) is 40.3 Å². The fourth-order valence-electron chi connectivity index (χ4n) is 6.23. The van der Waals surface area contributed by atoms with E-state index in [4.69, 9.17) is 15.5 Å². The summed E-state index contributed by atoms with van der Waals surface area (Å²) in [6, 6.07) is 15.7. The smallest absolute Gasteiger partial charge is 0.229 e. The van der Waals surface area contributed by atoms with Gasteiger partial charge in [-0.15, -0.1) is 0 Å². The van der Waals surface area contributed by atoms with Crippen LogP contribution >= 0.6 is 0 Å². The Labute approximate surface area is 253 Å². The highest BCUT2D eigenvalue weighted by atomic mass is 32.2. The number of aromatic amines is 1. The Balaban J connectivity index is 1.24. The summed E-state index contributed by atoms with van der Waals surface area (Å²) in [6.45, 7) is 6.56. The number of hydrogen-bond acceptors (Lipinski definition) is 10. The first-order valence-electron chi connectivity index (χ1n) is 14.7. The van der Waals surface area contributed by atoms with E-state index >= 15 is 0 Å². The number of amidine groups is 1. The number of fused-ring (bicyclic) bond motifs is 1. The molecule has 6 N–H and O–H groups in total. The Morgan fingerprint density at radius 2 is 1.74 bits per heavy atom. The van der Waals surface area contributed by atoms with E-state index in [2.05, 4.69) is 48.2 Å². The van der Waals surface area contributed by atoms with Crippen LogP contribution in [-0.4, -0.2) is 94.8 Å². The molecule has 6 rings (SSSR count). The second-order valence-electron chi connectivity index (χ2n) is 11.6. The Morgan fingerprint density at radius 3 is 2.44 bits per heavy atom. The molecule has 0 aliphatic carbocycles. The standard InChI is InChI=1S/C30H41N9O3S/c1-37-16-18-39(19-17-37)21-11-14-38(15-12-21)22-8-9-23(27(20-22)42-2)30(31)34-26-10-13-32-28(26)29(35-30)33-24-6-4-5-7-25(24)36-43(3,40)41/h4-10,13,20-21,32,34,36H,11-12,14-19,31H2,1-3H3,(H,33,35). The number of nitrogens with two attached hydrogens (primary N) is 1. The van der Waals surface area contributed by atoms with E-state index in [9.17, 15) is 8.42 Å². The Hall–Kier alpha value is -3.78. The van der Waals surface area contributed by atoms with Crippen molar-refractivity contribution in [2.45, 2.75) is 24.7 Å². The maximum Gasteiger partial charge on any atom is 0.229 e. The van der Waals surface area contributed by atoms with Crippen LogP contribution in [0.2, 0.25) is 0 Å². The van der Waals surface area contributed by atoms with Gasteiger partial charge in [0, 0.05) is 63.3 Å². The first-order chi connectivity index (χ1) is 20.6. The van der Waals surface area contributed by atoms with Gasteiger partial charge in [-0.3, -0.25) is 15.4 Å². The summed E-state index contributed by atoms with van der Waals surface area (Å²) in [7, 11) is 0.354. The van der Waals surface area contributed by atoms with Crippen LogP contribution in [0.5, 0.6) is 5.75 Å². The molecule has 0 radical (unpaired) electrons. The third-order valence-electron chi connectivity index (χ3n) is 8.55. The molecule has 2 saturated heterocycles. The van der Waals surface area contributed by atoms with Crippen LogP contribution in [-0.2, 0) is 15.8 Å². The summed E-state index contributed by atoms with van der Waals surface area (Å²) < 4.78 is 32.4. The summed E-state index contributed by atoms with van der Waals surface area (Å²) in [4.78, 5) is 15.6.